The molecule has 4 rings (SSSR count). The molecule has 2 aromatic heterocycles. The molecule has 0 aliphatic carbocycles. The first kappa shape index (κ1) is 18.8. The molecule has 28 heavy (non-hydrogen) atoms. The fraction of sp³-hybridized carbons (Fsp3) is 0.211. The Hall–Kier alpha value is -2.55. The van der Waals surface area contributed by atoms with Gasteiger partial charge in [0.1, 0.15) is 15.9 Å². The summed E-state index contributed by atoms with van der Waals surface area (Å²) < 4.78 is 1.94. The number of halogens is 1. The van der Waals surface area contributed by atoms with Crippen molar-refractivity contribution in [2.45, 2.75) is 10.4 Å². The normalized spacial score (nSPS) is 16.2. The van der Waals surface area contributed by atoms with E-state index in [0.29, 0.717) is 23.8 Å². The maximum atomic E-state index is 10.8. The van der Waals surface area contributed by atoms with Crippen LogP contribution in [0.5, 0.6) is 0 Å². The number of anilines is 1. The second kappa shape index (κ2) is 7.46. The molecule has 0 bridgehead atoms. The molecule has 9 heteroatoms. The number of hydrogen-bond acceptors (Lipinski definition) is 6. The van der Waals surface area contributed by atoms with Gasteiger partial charge in [-0.25, -0.2) is 14.8 Å². The summed E-state index contributed by atoms with van der Waals surface area (Å²) in [5, 5.41) is 10.1. The summed E-state index contributed by atoms with van der Waals surface area (Å²) in [5.41, 5.74) is 10.3. The van der Waals surface area contributed by atoms with Crippen LogP contribution in [0.1, 0.15) is 16.5 Å². The van der Waals surface area contributed by atoms with Crippen LogP contribution in [0.15, 0.2) is 41.7 Å². The lowest BCUT2D eigenvalue weighted by Crippen LogP contribution is -2.29. The second-order valence-electron chi connectivity index (χ2n) is 6.40. The number of nitrogens with two attached hydrogens (primary N) is 1. The van der Waals surface area contributed by atoms with Crippen LogP contribution in [0.4, 0.5) is 5.69 Å². The number of aliphatic carboxylic acids is 1. The monoisotopic (exact) mass is 415 g/mol. The number of imidazole rings is 1. The van der Waals surface area contributed by atoms with Crippen molar-refractivity contribution in [3.05, 3.63) is 52.9 Å². The van der Waals surface area contributed by atoms with Crippen molar-refractivity contribution in [3.8, 4) is 0 Å². The summed E-state index contributed by atoms with van der Waals surface area (Å²) in [6.07, 6.45) is 4.45. The lowest BCUT2D eigenvalue weighted by Gasteiger charge is -2.27. The zero-order valence-corrected chi connectivity index (χ0v) is 16.6. The second-order valence-corrected chi connectivity index (χ2v) is 7.83. The Bertz CT molecular complexity index is 1100. The highest BCUT2D eigenvalue weighted by Crippen LogP contribution is 2.53. The number of carbonyl (C=O) groups is 1. The molecule has 0 amide bonds. The minimum atomic E-state index is -0.977. The summed E-state index contributed by atoms with van der Waals surface area (Å²) in [7, 11) is 1.93. The summed E-state index contributed by atoms with van der Waals surface area (Å²) in [4.78, 5) is 22.0. The van der Waals surface area contributed by atoms with E-state index in [4.69, 9.17) is 22.4 Å². The Morgan fingerprint density at radius 2 is 2.29 bits per heavy atom. The minimum absolute atomic E-state index is 0.0409. The van der Waals surface area contributed by atoms with E-state index in [-0.39, 0.29) is 5.37 Å². The van der Waals surface area contributed by atoms with Crippen molar-refractivity contribution in [1.82, 2.24) is 14.5 Å². The Morgan fingerprint density at radius 1 is 1.46 bits per heavy atom. The number of fused-ring (bicyclic) bond motifs is 3. The highest BCUT2D eigenvalue weighted by atomic mass is 35.5. The van der Waals surface area contributed by atoms with E-state index in [2.05, 4.69) is 14.9 Å². The van der Waals surface area contributed by atoms with Crippen molar-refractivity contribution in [3.63, 3.8) is 0 Å². The number of thioether (sulfide) groups is 1. The molecule has 0 radical (unpaired) electrons. The van der Waals surface area contributed by atoms with Gasteiger partial charge in [0.15, 0.2) is 5.15 Å². The topological polar surface area (TPSA) is 97.3 Å². The highest BCUT2D eigenvalue weighted by molar-refractivity contribution is 8.00. The summed E-state index contributed by atoms with van der Waals surface area (Å²) >= 11 is 7.97. The Labute approximate surface area is 170 Å². The third-order valence-corrected chi connectivity index (χ3v) is 6.06. The quantitative estimate of drug-likeness (QED) is 0.487. The standard InChI is InChI=1S/C19H18ClN5O2S/c1-24-10-22-14-15(24)16-18(23-17(14)20)28-19(25(16)8-7-21)12-4-2-3-11(9-12)5-6-13(26)27/h2-6,9-10,19H,7-8,21H2,1H3,(H,26,27). The number of rotatable bonds is 5. The summed E-state index contributed by atoms with van der Waals surface area (Å²) in [5.74, 6) is -0.977. The van der Waals surface area contributed by atoms with Gasteiger partial charge in [-0.05, 0) is 23.3 Å². The maximum absolute atomic E-state index is 10.8. The smallest absolute Gasteiger partial charge is 0.328 e. The van der Waals surface area contributed by atoms with E-state index >= 15 is 0 Å². The maximum Gasteiger partial charge on any atom is 0.328 e. The fourth-order valence-electron chi connectivity index (χ4n) is 3.38. The van der Waals surface area contributed by atoms with E-state index in [1.165, 1.54) is 0 Å². The average Bonchev–Trinajstić information content (AvgIpc) is 3.22. The lowest BCUT2D eigenvalue weighted by molar-refractivity contribution is -0.131. The molecule has 3 heterocycles. The van der Waals surface area contributed by atoms with Crippen molar-refractivity contribution in [2.75, 3.05) is 18.0 Å². The first-order valence-corrected chi connectivity index (χ1v) is 9.90. The molecular formula is C19H18ClN5O2S. The largest absolute Gasteiger partial charge is 0.478 e. The number of carboxylic acid groups (broad SMARTS) is 1. The van der Waals surface area contributed by atoms with E-state index in [1.807, 2.05) is 35.9 Å². The van der Waals surface area contributed by atoms with Gasteiger partial charge in [-0.3, -0.25) is 0 Å². The number of hydrogen-bond donors (Lipinski definition) is 2. The minimum Gasteiger partial charge on any atom is -0.478 e. The molecule has 1 aromatic carbocycles. The molecule has 3 aromatic rings. The predicted molar refractivity (Wildman–Crippen MR) is 112 cm³/mol. The zero-order valence-electron chi connectivity index (χ0n) is 15.0. The predicted octanol–water partition coefficient (Wildman–Crippen LogP) is 3.29. The number of carboxylic acids is 1. The molecule has 0 fully saturated rings. The third kappa shape index (κ3) is 3.23. The molecular weight excluding hydrogens is 398 g/mol. The van der Waals surface area contributed by atoms with E-state index in [0.717, 1.165) is 33.4 Å². The van der Waals surface area contributed by atoms with Crippen LogP contribution in [0, 0.1) is 0 Å². The van der Waals surface area contributed by atoms with Crippen LogP contribution in [-0.2, 0) is 11.8 Å². The number of aromatic nitrogens is 3. The highest BCUT2D eigenvalue weighted by Gasteiger charge is 2.35. The van der Waals surface area contributed by atoms with Gasteiger partial charge in [0, 0.05) is 26.2 Å². The number of aryl methyl sites for hydroxylation is 1. The molecule has 7 nitrogen and oxygen atoms in total. The summed E-state index contributed by atoms with van der Waals surface area (Å²) in [6, 6.07) is 7.79. The number of pyridine rings is 1. The Balaban J connectivity index is 1.81. The molecule has 1 unspecified atom stereocenters. The molecule has 0 saturated heterocycles. The lowest BCUT2D eigenvalue weighted by atomic mass is 10.1. The Kier molecular flexibility index (Phi) is 5.01. The molecule has 3 N–H and O–H groups in total. The van der Waals surface area contributed by atoms with Crippen molar-refractivity contribution in [2.24, 2.45) is 12.8 Å². The molecule has 0 spiro atoms. The SMILES string of the molecule is Cn1cnc2c(Cl)nc3c(c21)N(CCN)C(c1cccc(C=CC(=O)O)c1)S3. The molecule has 0 saturated carbocycles. The van der Waals surface area contributed by atoms with Crippen LogP contribution in [0.25, 0.3) is 17.1 Å². The molecule has 1 aliphatic rings. The van der Waals surface area contributed by atoms with E-state index in [9.17, 15) is 4.79 Å². The zero-order chi connectivity index (χ0) is 19.8. The van der Waals surface area contributed by atoms with Crippen LogP contribution in [-0.4, -0.2) is 38.7 Å². The van der Waals surface area contributed by atoms with Gasteiger partial charge in [-0.1, -0.05) is 41.6 Å². The van der Waals surface area contributed by atoms with Gasteiger partial charge in [-0.15, -0.1) is 0 Å². The van der Waals surface area contributed by atoms with Crippen LogP contribution >= 0.6 is 23.4 Å². The first-order valence-electron chi connectivity index (χ1n) is 8.64. The van der Waals surface area contributed by atoms with E-state index in [1.54, 1.807) is 24.2 Å². The molecule has 1 atom stereocenters. The summed E-state index contributed by atoms with van der Waals surface area (Å²) in [6.45, 7) is 1.13. The van der Waals surface area contributed by atoms with Crippen molar-refractivity contribution < 1.29 is 9.90 Å². The Morgan fingerprint density at radius 3 is 3.04 bits per heavy atom. The third-order valence-electron chi connectivity index (χ3n) is 4.54. The van der Waals surface area contributed by atoms with Gasteiger partial charge in [-0.2, -0.15) is 0 Å². The van der Waals surface area contributed by atoms with E-state index < -0.39 is 5.97 Å². The van der Waals surface area contributed by atoms with Gasteiger partial charge in [0.25, 0.3) is 0 Å². The van der Waals surface area contributed by atoms with Gasteiger partial charge in [0.05, 0.1) is 17.5 Å². The van der Waals surface area contributed by atoms with Crippen molar-refractivity contribution in [1.29, 1.82) is 0 Å². The van der Waals surface area contributed by atoms with Crippen molar-refractivity contribution >= 4 is 52.1 Å². The van der Waals surface area contributed by atoms with Crippen LogP contribution < -0.4 is 10.6 Å². The fourth-order valence-corrected chi connectivity index (χ4v) is 4.96. The first-order chi connectivity index (χ1) is 13.5. The van der Waals surface area contributed by atoms with Crippen LogP contribution in [0.3, 0.4) is 0 Å². The van der Waals surface area contributed by atoms with Gasteiger partial charge < -0.3 is 20.3 Å². The number of nitrogens with zero attached hydrogens (tertiary/aromatic N) is 4. The number of benzene rings is 1. The average molecular weight is 416 g/mol. The molecule has 144 valence electrons. The van der Waals surface area contributed by atoms with Gasteiger partial charge in [0.2, 0.25) is 0 Å². The van der Waals surface area contributed by atoms with Gasteiger partial charge >= 0.3 is 5.97 Å². The van der Waals surface area contributed by atoms with Crippen LogP contribution in [0.2, 0.25) is 5.15 Å². The molecule has 1 aliphatic heterocycles.